The van der Waals surface area contributed by atoms with E-state index in [9.17, 15) is 4.21 Å². The van der Waals surface area contributed by atoms with Crippen molar-refractivity contribution >= 4 is 28.1 Å². The second-order valence-corrected chi connectivity index (χ2v) is 7.82. The van der Waals surface area contributed by atoms with Crippen LogP contribution >= 0.6 is 21.2 Å². The molecule has 0 aliphatic carbocycles. The molecule has 0 aliphatic rings. The van der Waals surface area contributed by atoms with Gasteiger partial charge in [-0.2, -0.15) is 0 Å². The predicted octanol–water partition coefficient (Wildman–Crippen LogP) is 1.84. The topological polar surface area (TPSA) is 29.4 Å². The average molecular weight is 247 g/mol. The first kappa shape index (κ1) is 8.68. The monoisotopic (exact) mass is 247 g/mol. The molecule has 0 saturated heterocycles. The van der Waals surface area contributed by atoms with Gasteiger partial charge >= 0.3 is 0 Å². The highest BCUT2D eigenvalue weighted by Gasteiger charge is 2.05. The minimum Gasteiger partial charge on any atom is -0.239 e. The third-order valence-corrected chi connectivity index (χ3v) is 6.72. The summed E-state index contributed by atoms with van der Waals surface area (Å²) in [6.07, 6.45) is 0. The van der Waals surface area contributed by atoms with Gasteiger partial charge in [-0.1, -0.05) is 0 Å². The number of hydrogen-bond acceptors (Lipinski definition) is 2. The van der Waals surface area contributed by atoms with E-state index >= 15 is 0 Å². The van der Waals surface area contributed by atoms with Gasteiger partial charge in [0.15, 0.2) is 0 Å². The van der Waals surface area contributed by atoms with E-state index in [0.717, 1.165) is 0 Å². The van der Waals surface area contributed by atoms with Crippen LogP contribution in [0.4, 0.5) is 0 Å². The maximum atomic E-state index is 11.1. The summed E-state index contributed by atoms with van der Waals surface area (Å²) in [6.45, 7) is 1.92. The Morgan fingerprint density at radius 1 is 1.62 bits per heavy atom. The summed E-state index contributed by atoms with van der Waals surface area (Å²) in [5, 5.41) is 0.160. The molecule has 1 atom stereocenters. The first-order valence-electron chi connectivity index (χ1n) is 2.34. The quantitative estimate of drug-likeness (QED) is 0.513. The van der Waals surface area contributed by atoms with Crippen molar-refractivity contribution in [2.24, 2.45) is 4.36 Å². The number of halogens is 1. The molecule has 0 N–H and O–H groups in total. The molecule has 0 heterocycles. The Bertz CT molecular complexity index is 169. The van der Waals surface area contributed by atoms with Crippen LogP contribution in [-0.4, -0.2) is 16.5 Å². The lowest BCUT2D eigenvalue weighted by Gasteiger charge is -2.01. The van der Waals surface area contributed by atoms with E-state index in [0.29, 0.717) is 0 Å². The Balaban J connectivity index is 4.42. The third-order valence-electron chi connectivity index (χ3n) is 0.830. The largest absolute Gasteiger partial charge is 0.239 e. The summed E-state index contributed by atoms with van der Waals surface area (Å²) >= 11 is 1.89. The van der Waals surface area contributed by atoms with Crippen molar-refractivity contribution in [3.63, 3.8) is 0 Å². The van der Waals surface area contributed by atoms with Crippen LogP contribution in [-0.2, 0) is 6.90 Å². The number of rotatable bonds is 1. The standard InChI is InChI=1S/C4H10INOS/c1-4(2)8(5,7)6-3/h4H,1-3H3. The Morgan fingerprint density at radius 2 is 2.00 bits per heavy atom. The minimum atomic E-state index is -1.89. The lowest BCUT2D eigenvalue weighted by Crippen LogP contribution is -2.03. The van der Waals surface area contributed by atoms with E-state index in [2.05, 4.69) is 4.36 Å². The summed E-state index contributed by atoms with van der Waals surface area (Å²) in [4.78, 5) is 0. The summed E-state index contributed by atoms with van der Waals surface area (Å²) in [5.41, 5.74) is 0. The molecule has 0 rings (SSSR count). The zero-order chi connectivity index (χ0) is 6.78. The van der Waals surface area contributed by atoms with Gasteiger partial charge < -0.3 is 0 Å². The van der Waals surface area contributed by atoms with Crippen molar-refractivity contribution in [2.75, 3.05) is 7.05 Å². The number of nitrogens with zero attached hydrogens (tertiary/aromatic N) is 1. The van der Waals surface area contributed by atoms with Crippen molar-refractivity contribution in [1.82, 2.24) is 0 Å². The Morgan fingerprint density at radius 3 is 2.00 bits per heavy atom. The molecule has 0 fully saturated rings. The molecule has 50 valence electrons. The van der Waals surface area contributed by atoms with Gasteiger partial charge in [-0.05, 0) is 13.8 Å². The average Bonchev–Trinajstić information content (AvgIpc) is 1.67. The van der Waals surface area contributed by atoms with E-state index in [1.807, 2.05) is 35.1 Å². The van der Waals surface area contributed by atoms with Crippen LogP contribution in [0.1, 0.15) is 13.8 Å². The van der Waals surface area contributed by atoms with Crippen LogP contribution in [0.5, 0.6) is 0 Å². The predicted molar refractivity (Wildman–Crippen MR) is 45.7 cm³/mol. The Hall–Kier alpha value is 0.680. The molecule has 0 aromatic rings. The second kappa shape index (κ2) is 3.00. The van der Waals surface area contributed by atoms with Gasteiger partial charge in [0.25, 0.3) is 0 Å². The molecule has 0 aromatic carbocycles. The van der Waals surface area contributed by atoms with Gasteiger partial charge in [0.05, 0.1) is 0 Å². The van der Waals surface area contributed by atoms with Crippen molar-refractivity contribution in [3.05, 3.63) is 0 Å². The molecule has 0 bridgehead atoms. The van der Waals surface area contributed by atoms with Gasteiger partial charge in [-0.15, -0.1) is 0 Å². The number of hydrogen-bond donors (Lipinski definition) is 0. The molecule has 0 spiro atoms. The normalized spacial score (nSPS) is 18.1. The fourth-order valence-corrected chi connectivity index (χ4v) is 0.632. The molecule has 0 radical (unpaired) electrons. The van der Waals surface area contributed by atoms with Crippen molar-refractivity contribution in [3.8, 4) is 0 Å². The molecule has 0 saturated carbocycles. The van der Waals surface area contributed by atoms with Crippen molar-refractivity contribution in [2.45, 2.75) is 19.1 Å². The first-order chi connectivity index (χ1) is 3.50. The lowest BCUT2D eigenvalue weighted by molar-refractivity contribution is 0.681. The molecule has 0 aromatic heterocycles. The van der Waals surface area contributed by atoms with E-state index in [1.165, 1.54) is 0 Å². The molecule has 4 heteroatoms. The molecule has 8 heavy (non-hydrogen) atoms. The zero-order valence-electron chi connectivity index (χ0n) is 5.22. The SMILES string of the molecule is CN=S(=O)(I)C(C)C. The molecular formula is C4H10INOS. The molecular weight excluding hydrogens is 237 g/mol. The Labute approximate surface area is 62.8 Å². The summed E-state index contributed by atoms with van der Waals surface area (Å²) in [7, 11) is 1.59. The van der Waals surface area contributed by atoms with Gasteiger partial charge in [-0.25, -0.2) is 8.57 Å². The van der Waals surface area contributed by atoms with E-state index in [1.54, 1.807) is 7.05 Å². The van der Waals surface area contributed by atoms with Crippen molar-refractivity contribution < 1.29 is 4.21 Å². The molecule has 0 amide bonds. The van der Waals surface area contributed by atoms with E-state index in [4.69, 9.17) is 0 Å². The Kier molecular flexibility index (Phi) is 3.26. The summed E-state index contributed by atoms with van der Waals surface area (Å²) in [5.74, 6) is 0. The smallest absolute Gasteiger partial charge is 0.104 e. The van der Waals surface area contributed by atoms with E-state index < -0.39 is 6.90 Å². The molecule has 2 nitrogen and oxygen atoms in total. The highest BCUT2D eigenvalue weighted by atomic mass is 127. The van der Waals surface area contributed by atoms with Gasteiger partial charge in [0.2, 0.25) is 0 Å². The second-order valence-electron chi connectivity index (χ2n) is 1.73. The third kappa shape index (κ3) is 2.30. The van der Waals surface area contributed by atoms with Gasteiger partial charge in [0, 0.05) is 33.5 Å². The van der Waals surface area contributed by atoms with Gasteiger partial charge in [0.1, 0.15) is 6.90 Å². The first-order valence-corrected chi connectivity index (χ1v) is 6.46. The van der Waals surface area contributed by atoms with Crippen LogP contribution in [0.25, 0.3) is 0 Å². The van der Waals surface area contributed by atoms with Crippen LogP contribution in [0, 0.1) is 0 Å². The highest BCUT2D eigenvalue weighted by molar-refractivity contribution is 14.2. The highest BCUT2D eigenvalue weighted by Crippen LogP contribution is 2.12. The maximum Gasteiger partial charge on any atom is 0.104 e. The summed E-state index contributed by atoms with van der Waals surface area (Å²) in [6, 6.07) is 0. The zero-order valence-corrected chi connectivity index (χ0v) is 8.19. The lowest BCUT2D eigenvalue weighted by atomic mass is 10.6. The summed E-state index contributed by atoms with van der Waals surface area (Å²) < 4.78 is 14.8. The van der Waals surface area contributed by atoms with Crippen LogP contribution in [0.3, 0.4) is 0 Å². The van der Waals surface area contributed by atoms with Crippen LogP contribution in [0.2, 0.25) is 0 Å². The minimum absolute atomic E-state index is 0.160. The maximum absolute atomic E-state index is 11.1. The van der Waals surface area contributed by atoms with Gasteiger partial charge in [-0.3, -0.25) is 0 Å². The fourth-order valence-electron chi connectivity index (χ4n) is 0.211. The fraction of sp³-hybridized carbons (Fsp3) is 1.00. The van der Waals surface area contributed by atoms with Crippen LogP contribution < -0.4 is 0 Å². The molecule has 0 aliphatic heterocycles. The van der Waals surface area contributed by atoms with E-state index in [-0.39, 0.29) is 5.25 Å². The van der Waals surface area contributed by atoms with Crippen LogP contribution in [0.15, 0.2) is 4.36 Å². The van der Waals surface area contributed by atoms with Crippen molar-refractivity contribution in [1.29, 1.82) is 0 Å². The molecule has 1 unspecified atom stereocenters.